The third-order valence-corrected chi connectivity index (χ3v) is 6.09. The van der Waals surface area contributed by atoms with E-state index in [4.69, 9.17) is 4.74 Å². The van der Waals surface area contributed by atoms with E-state index in [0.29, 0.717) is 6.10 Å². The zero-order valence-electron chi connectivity index (χ0n) is 7.90. The van der Waals surface area contributed by atoms with Crippen molar-refractivity contribution in [3.63, 3.8) is 0 Å². The molecule has 0 radical (unpaired) electrons. The summed E-state index contributed by atoms with van der Waals surface area (Å²) in [7, 11) is 0. The summed E-state index contributed by atoms with van der Waals surface area (Å²) in [6.45, 7) is 3.35. The quantitative estimate of drug-likeness (QED) is 0.629. The van der Waals surface area contributed by atoms with Crippen LogP contribution in [0.4, 0.5) is 0 Å². The first-order valence-electron chi connectivity index (χ1n) is 4.77. The maximum absolute atomic E-state index is 5.17. The van der Waals surface area contributed by atoms with Gasteiger partial charge in [-0.05, 0) is 0 Å². The summed E-state index contributed by atoms with van der Waals surface area (Å²) in [6, 6.07) is 0. The maximum atomic E-state index is 5.17. The zero-order chi connectivity index (χ0) is 9.10. The minimum Gasteiger partial charge on any atom is -0.372 e. The third kappa shape index (κ3) is 4.86. The summed E-state index contributed by atoms with van der Waals surface area (Å²) < 4.78 is 5.17. The average molecular weight is 236 g/mol. The molecule has 4 heteroatoms. The lowest BCUT2D eigenvalue weighted by Gasteiger charge is -2.09. The van der Waals surface area contributed by atoms with Gasteiger partial charge in [-0.3, -0.25) is 0 Å². The Morgan fingerprint density at radius 3 is 2.92 bits per heavy atom. The molecule has 0 aliphatic carbocycles. The van der Waals surface area contributed by atoms with Crippen LogP contribution in [-0.2, 0) is 4.74 Å². The van der Waals surface area contributed by atoms with Crippen LogP contribution in [0, 0.1) is 0 Å². The van der Waals surface area contributed by atoms with Gasteiger partial charge in [-0.15, -0.1) is 0 Å². The van der Waals surface area contributed by atoms with Crippen molar-refractivity contribution in [3.8, 4) is 0 Å². The Kier molecular flexibility index (Phi) is 4.20. The normalized spacial score (nSPS) is 33.0. The molecule has 2 saturated heterocycles. The fourth-order valence-electron chi connectivity index (χ4n) is 1.01. The van der Waals surface area contributed by atoms with Crippen LogP contribution >= 0.6 is 35.3 Å². The fraction of sp³-hybridized carbons (Fsp3) is 1.00. The van der Waals surface area contributed by atoms with Gasteiger partial charge in [0.25, 0.3) is 0 Å². The number of hydrogen-bond donors (Lipinski definition) is 0. The Labute approximate surface area is 93.1 Å². The molecular weight excluding hydrogens is 220 g/mol. The molecule has 2 heterocycles. The second kappa shape index (κ2) is 5.19. The van der Waals surface area contributed by atoms with E-state index in [-0.39, 0.29) is 0 Å². The molecule has 2 fully saturated rings. The SMILES string of the molecule is CC(CSCC1CO1)SCC1CS1. The van der Waals surface area contributed by atoms with Crippen molar-refractivity contribution in [2.75, 3.05) is 29.6 Å². The molecular formula is C9H16OS3. The molecule has 0 bridgehead atoms. The van der Waals surface area contributed by atoms with E-state index in [1.807, 2.05) is 0 Å². The Balaban J connectivity index is 1.42. The van der Waals surface area contributed by atoms with Gasteiger partial charge in [0.15, 0.2) is 0 Å². The first-order valence-corrected chi connectivity index (χ1v) is 8.02. The predicted molar refractivity (Wildman–Crippen MR) is 65.2 cm³/mol. The standard InChI is InChI=1S/C9H16OS3/c1-7(12-5-9-6-13-9)3-11-4-8-2-10-8/h7-9H,2-6H2,1H3. The van der Waals surface area contributed by atoms with Crippen LogP contribution in [0.15, 0.2) is 0 Å². The highest BCUT2D eigenvalue weighted by atomic mass is 32.2. The van der Waals surface area contributed by atoms with E-state index in [1.54, 1.807) is 0 Å². The molecule has 2 rings (SSSR count). The molecule has 0 aromatic carbocycles. The van der Waals surface area contributed by atoms with Gasteiger partial charge in [-0.2, -0.15) is 35.3 Å². The molecule has 3 unspecified atom stereocenters. The average Bonchev–Trinajstić information content (AvgIpc) is 2.97. The highest BCUT2D eigenvalue weighted by Gasteiger charge is 2.24. The summed E-state index contributed by atoms with van der Waals surface area (Å²) in [5, 5.41) is 1.81. The van der Waals surface area contributed by atoms with Gasteiger partial charge in [-0.25, -0.2) is 0 Å². The van der Waals surface area contributed by atoms with E-state index in [2.05, 4.69) is 42.2 Å². The summed E-state index contributed by atoms with van der Waals surface area (Å²) in [4.78, 5) is 0. The van der Waals surface area contributed by atoms with E-state index in [9.17, 15) is 0 Å². The smallest absolute Gasteiger partial charge is 0.0900 e. The molecule has 0 amide bonds. The lowest BCUT2D eigenvalue weighted by molar-refractivity contribution is 0.426. The number of epoxide rings is 1. The maximum Gasteiger partial charge on any atom is 0.0900 e. The number of ether oxygens (including phenoxy) is 1. The molecule has 76 valence electrons. The van der Waals surface area contributed by atoms with Gasteiger partial charge < -0.3 is 4.74 Å². The number of hydrogen-bond acceptors (Lipinski definition) is 4. The predicted octanol–water partition coefficient (Wildman–Crippen LogP) is 2.36. The summed E-state index contributed by atoms with van der Waals surface area (Å²) in [5.41, 5.74) is 0. The molecule has 13 heavy (non-hydrogen) atoms. The van der Waals surface area contributed by atoms with E-state index in [1.165, 1.54) is 23.0 Å². The second-order valence-electron chi connectivity index (χ2n) is 3.59. The summed E-state index contributed by atoms with van der Waals surface area (Å²) >= 11 is 6.29. The molecule has 2 aliphatic heterocycles. The third-order valence-electron chi connectivity index (χ3n) is 2.03. The Morgan fingerprint density at radius 1 is 1.54 bits per heavy atom. The van der Waals surface area contributed by atoms with E-state index >= 15 is 0 Å². The van der Waals surface area contributed by atoms with Gasteiger partial charge in [-0.1, -0.05) is 6.92 Å². The molecule has 3 atom stereocenters. The Morgan fingerprint density at radius 2 is 2.31 bits per heavy atom. The van der Waals surface area contributed by atoms with Gasteiger partial charge in [0.1, 0.15) is 0 Å². The van der Waals surface area contributed by atoms with Crippen LogP contribution in [-0.4, -0.2) is 46.2 Å². The minimum absolute atomic E-state index is 0.598. The van der Waals surface area contributed by atoms with Crippen molar-refractivity contribution in [1.82, 2.24) is 0 Å². The number of thioether (sulfide) groups is 3. The van der Waals surface area contributed by atoms with Crippen LogP contribution < -0.4 is 0 Å². The number of rotatable bonds is 7. The zero-order valence-corrected chi connectivity index (χ0v) is 10.4. The summed E-state index contributed by atoms with van der Waals surface area (Å²) in [6.07, 6.45) is 0.598. The van der Waals surface area contributed by atoms with Crippen LogP contribution in [0.25, 0.3) is 0 Å². The van der Waals surface area contributed by atoms with Crippen molar-refractivity contribution in [2.24, 2.45) is 0 Å². The van der Waals surface area contributed by atoms with Crippen molar-refractivity contribution in [2.45, 2.75) is 23.5 Å². The molecule has 0 spiro atoms. The summed E-state index contributed by atoms with van der Waals surface area (Å²) in [5.74, 6) is 5.28. The Bertz CT molecular complexity index is 157. The van der Waals surface area contributed by atoms with Gasteiger partial charge in [0.2, 0.25) is 0 Å². The van der Waals surface area contributed by atoms with Crippen LogP contribution in [0.1, 0.15) is 6.92 Å². The van der Waals surface area contributed by atoms with Crippen molar-refractivity contribution in [3.05, 3.63) is 0 Å². The molecule has 2 aliphatic rings. The molecule has 0 aromatic heterocycles. The topological polar surface area (TPSA) is 12.5 Å². The van der Waals surface area contributed by atoms with Crippen molar-refractivity contribution in [1.29, 1.82) is 0 Å². The monoisotopic (exact) mass is 236 g/mol. The van der Waals surface area contributed by atoms with Crippen LogP contribution in [0.2, 0.25) is 0 Å². The molecule has 0 saturated carbocycles. The van der Waals surface area contributed by atoms with E-state index in [0.717, 1.165) is 17.1 Å². The Hall–Kier alpha value is 1.01. The first-order chi connectivity index (χ1) is 6.34. The van der Waals surface area contributed by atoms with Crippen LogP contribution in [0.3, 0.4) is 0 Å². The van der Waals surface area contributed by atoms with Crippen LogP contribution in [0.5, 0.6) is 0 Å². The molecule has 0 aromatic rings. The van der Waals surface area contributed by atoms with E-state index < -0.39 is 0 Å². The highest BCUT2D eigenvalue weighted by Crippen LogP contribution is 2.34. The molecule has 0 N–H and O–H groups in total. The highest BCUT2D eigenvalue weighted by molar-refractivity contribution is 8.09. The van der Waals surface area contributed by atoms with Crippen molar-refractivity contribution < 1.29 is 4.74 Å². The lowest BCUT2D eigenvalue weighted by Crippen LogP contribution is -2.05. The second-order valence-corrected chi connectivity index (χ2v) is 7.47. The van der Waals surface area contributed by atoms with Crippen molar-refractivity contribution >= 4 is 35.3 Å². The minimum atomic E-state index is 0.598. The fourth-order valence-corrected chi connectivity index (χ4v) is 4.30. The molecule has 1 nitrogen and oxygen atoms in total. The largest absolute Gasteiger partial charge is 0.372 e. The first kappa shape index (κ1) is 10.5. The van der Waals surface area contributed by atoms with Gasteiger partial charge >= 0.3 is 0 Å². The van der Waals surface area contributed by atoms with Gasteiger partial charge in [0.05, 0.1) is 12.7 Å². The van der Waals surface area contributed by atoms with Gasteiger partial charge in [0, 0.05) is 33.5 Å². The lowest BCUT2D eigenvalue weighted by atomic mass is 10.5.